The van der Waals surface area contributed by atoms with Crippen molar-refractivity contribution < 1.29 is 23.8 Å². The van der Waals surface area contributed by atoms with Crippen LogP contribution in [0.5, 0.6) is 11.5 Å². The van der Waals surface area contributed by atoms with Crippen LogP contribution in [-0.2, 0) is 27.2 Å². The van der Waals surface area contributed by atoms with Gasteiger partial charge in [-0.2, -0.15) is 0 Å². The highest BCUT2D eigenvalue weighted by Crippen LogP contribution is 2.28. The van der Waals surface area contributed by atoms with Crippen LogP contribution in [0.3, 0.4) is 0 Å². The van der Waals surface area contributed by atoms with Crippen molar-refractivity contribution in [2.75, 3.05) is 32.2 Å². The third kappa shape index (κ3) is 9.46. The summed E-state index contributed by atoms with van der Waals surface area (Å²) in [7, 11) is 1.58. The summed E-state index contributed by atoms with van der Waals surface area (Å²) in [6.07, 6.45) is 0.918. The molecule has 6 nitrogen and oxygen atoms in total. The van der Waals surface area contributed by atoms with Crippen molar-refractivity contribution in [2.45, 2.75) is 33.6 Å². The molecule has 1 N–H and O–H groups in total. The molecule has 7 heteroatoms. The summed E-state index contributed by atoms with van der Waals surface area (Å²) in [5.74, 6) is 0.854. The van der Waals surface area contributed by atoms with E-state index in [1.54, 1.807) is 7.11 Å². The fourth-order valence-electron chi connectivity index (χ4n) is 3.14. The summed E-state index contributed by atoms with van der Waals surface area (Å²) in [6.45, 7) is 6.67. The van der Waals surface area contributed by atoms with Crippen molar-refractivity contribution in [3.05, 3.63) is 59.7 Å². The molecule has 0 radical (unpaired) electrons. The maximum atomic E-state index is 12.6. The van der Waals surface area contributed by atoms with Crippen LogP contribution in [0.1, 0.15) is 31.9 Å². The Balaban J connectivity index is 1.97. The van der Waals surface area contributed by atoms with Crippen molar-refractivity contribution in [1.82, 2.24) is 5.32 Å². The number of carbonyl (C=O) groups excluding carboxylic acids is 2. The average Bonchev–Trinajstić information content (AvgIpc) is 2.79. The van der Waals surface area contributed by atoms with Gasteiger partial charge in [0, 0.05) is 17.8 Å². The Morgan fingerprint density at radius 3 is 2.39 bits per heavy atom. The molecule has 0 saturated heterocycles. The van der Waals surface area contributed by atoms with Crippen LogP contribution < -0.4 is 14.8 Å². The number of benzene rings is 2. The van der Waals surface area contributed by atoms with Crippen LogP contribution in [0.25, 0.3) is 0 Å². The fourth-order valence-corrected chi connectivity index (χ4v) is 3.31. The maximum Gasteiger partial charge on any atom is 0.311 e. The predicted octanol–water partition coefficient (Wildman–Crippen LogP) is 4.58. The first-order valence-electron chi connectivity index (χ1n) is 11.1. The van der Waals surface area contributed by atoms with Crippen LogP contribution in [0, 0.1) is 11.3 Å². The van der Waals surface area contributed by atoms with Crippen molar-refractivity contribution in [1.29, 1.82) is 0 Å². The standard InChI is InChI=1S/C26H34BrNO5/c1-26(2,3)25(30)33-18-21(14-19-8-6-5-7-9-19)17-28-24(29)16-20-10-11-22(32-13-12-27)23(15-20)31-4/h5-11,15,21H,12-14,16-18H2,1-4H3,(H,28,29). The monoisotopic (exact) mass is 519 g/mol. The van der Waals surface area contributed by atoms with E-state index in [-0.39, 0.29) is 30.8 Å². The van der Waals surface area contributed by atoms with E-state index in [2.05, 4.69) is 21.2 Å². The number of ether oxygens (including phenoxy) is 3. The first kappa shape index (κ1) is 26.7. The van der Waals surface area contributed by atoms with E-state index in [0.29, 0.717) is 31.1 Å². The molecule has 0 fully saturated rings. The zero-order chi connectivity index (χ0) is 24.3. The second-order valence-corrected chi connectivity index (χ2v) is 9.70. The molecule has 1 amide bonds. The number of amides is 1. The van der Waals surface area contributed by atoms with Gasteiger partial charge in [-0.3, -0.25) is 9.59 Å². The molecule has 180 valence electrons. The lowest BCUT2D eigenvalue weighted by Crippen LogP contribution is -2.35. The molecule has 0 bridgehead atoms. The number of hydrogen-bond donors (Lipinski definition) is 1. The number of halogens is 1. The van der Waals surface area contributed by atoms with Gasteiger partial charge in [0.2, 0.25) is 5.91 Å². The molecule has 0 aromatic heterocycles. The van der Waals surface area contributed by atoms with Gasteiger partial charge in [-0.25, -0.2) is 0 Å². The Kier molecular flexibility index (Phi) is 10.7. The number of carbonyl (C=O) groups is 2. The molecule has 2 rings (SSSR count). The molecule has 0 aliphatic carbocycles. The van der Waals surface area contributed by atoms with E-state index in [1.165, 1.54) is 0 Å². The van der Waals surface area contributed by atoms with Crippen molar-refractivity contribution in [3.63, 3.8) is 0 Å². The molecule has 0 aliphatic heterocycles. The van der Waals surface area contributed by atoms with Gasteiger partial charge >= 0.3 is 5.97 Å². The Bertz CT molecular complexity index is 895. The van der Waals surface area contributed by atoms with E-state index in [4.69, 9.17) is 14.2 Å². The third-order valence-corrected chi connectivity index (χ3v) is 5.27. The van der Waals surface area contributed by atoms with Gasteiger partial charge in [-0.1, -0.05) is 52.3 Å². The lowest BCUT2D eigenvalue weighted by Gasteiger charge is -2.22. The van der Waals surface area contributed by atoms with E-state index < -0.39 is 5.41 Å². The summed E-state index contributed by atoms with van der Waals surface area (Å²) in [5, 5.41) is 3.71. The van der Waals surface area contributed by atoms with Crippen LogP contribution in [-0.4, -0.2) is 44.1 Å². The Morgan fingerprint density at radius 2 is 1.76 bits per heavy atom. The second-order valence-electron chi connectivity index (χ2n) is 8.91. The van der Waals surface area contributed by atoms with Crippen LogP contribution in [0.2, 0.25) is 0 Å². The van der Waals surface area contributed by atoms with Gasteiger partial charge in [0.1, 0.15) is 0 Å². The second kappa shape index (κ2) is 13.2. The highest BCUT2D eigenvalue weighted by atomic mass is 79.9. The molecule has 2 aromatic carbocycles. The molecule has 0 heterocycles. The first-order chi connectivity index (χ1) is 15.7. The number of methoxy groups -OCH3 is 1. The third-order valence-electron chi connectivity index (χ3n) is 4.95. The smallest absolute Gasteiger partial charge is 0.311 e. The first-order valence-corrected chi connectivity index (χ1v) is 12.2. The van der Waals surface area contributed by atoms with Gasteiger partial charge in [0.15, 0.2) is 11.5 Å². The minimum Gasteiger partial charge on any atom is -0.493 e. The van der Waals surface area contributed by atoms with Gasteiger partial charge < -0.3 is 19.5 Å². The van der Waals surface area contributed by atoms with E-state index in [1.807, 2.05) is 69.3 Å². The fraction of sp³-hybridized carbons (Fsp3) is 0.462. The lowest BCUT2D eigenvalue weighted by atomic mass is 9.96. The van der Waals surface area contributed by atoms with Crippen molar-refractivity contribution >= 4 is 27.8 Å². The van der Waals surface area contributed by atoms with Gasteiger partial charge in [0.25, 0.3) is 0 Å². The van der Waals surface area contributed by atoms with Gasteiger partial charge in [0.05, 0.1) is 32.2 Å². The highest BCUT2D eigenvalue weighted by Gasteiger charge is 2.24. The molecule has 0 spiro atoms. The van der Waals surface area contributed by atoms with Crippen LogP contribution >= 0.6 is 15.9 Å². The molecule has 33 heavy (non-hydrogen) atoms. The number of rotatable bonds is 12. The molecular formula is C26H34BrNO5. The summed E-state index contributed by atoms with van der Waals surface area (Å²) in [6, 6.07) is 15.5. The molecule has 0 saturated carbocycles. The quantitative estimate of drug-likeness (QED) is 0.328. The molecule has 0 aliphatic rings. The number of alkyl halides is 1. The summed E-state index contributed by atoms with van der Waals surface area (Å²) < 4.78 is 16.6. The summed E-state index contributed by atoms with van der Waals surface area (Å²) in [4.78, 5) is 24.8. The van der Waals surface area contributed by atoms with E-state index >= 15 is 0 Å². The summed E-state index contributed by atoms with van der Waals surface area (Å²) in [5.41, 5.74) is 1.39. The SMILES string of the molecule is COc1cc(CC(=O)NCC(COC(=O)C(C)(C)C)Cc2ccccc2)ccc1OCCBr. The Labute approximate surface area is 205 Å². The molecule has 1 unspecified atom stereocenters. The molecular weight excluding hydrogens is 486 g/mol. The zero-order valence-corrected chi connectivity index (χ0v) is 21.4. The van der Waals surface area contributed by atoms with E-state index in [0.717, 1.165) is 16.5 Å². The highest BCUT2D eigenvalue weighted by molar-refractivity contribution is 9.09. The average molecular weight is 520 g/mol. The number of esters is 1. The minimum absolute atomic E-state index is 0.0304. The number of hydrogen-bond acceptors (Lipinski definition) is 5. The minimum atomic E-state index is -0.565. The van der Waals surface area contributed by atoms with Crippen LogP contribution in [0.4, 0.5) is 0 Å². The summed E-state index contributed by atoms with van der Waals surface area (Å²) >= 11 is 3.33. The maximum absolute atomic E-state index is 12.6. The largest absolute Gasteiger partial charge is 0.493 e. The van der Waals surface area contributed by atoms with Gasteiger partial charge in [-0.05, 0) is 50.5 Å². The predicted molar refractivity (Wildman–Crippen MR) is 133 cm³/mol. The van der Waals surface area contributed by atoms with Crippen molar-refractivity contribution in [3.8, 4) is 11.5 Å². The topological polar surface area (TPSA) is 73.9 Å². The molecule has 2 aromatic rings. The van der Waals surface area contributed by atoms with E-state index in [9.17, 15) is 9.59 Å². The Morgan fingerprint density at radius 1 is 1.03 bits per heavy atom. The normalized spacial score (nSPS) is 12.0. The number of nitrogens with one attached hydrogen (secondary N) is 1. The van der Waals surface area contributed by atoms with Crippen molar-refractivity contribution in [2.24, 2.45) is 11.3 Å². The van der Waals surface area contributed by atoms with Crippen LogP contribution in [0.15, 0.2) is 48.5 Å². The Hall–Kier alpha value is -2.54. The zero-order valence-electron chi connectivity index (χ0n) is 19.9. The molecule has 1 atom stereocenters. The van der Waals surface area contributed by atoms with Gasteiger partial charge in [-0.15, -0.1) is 0 Å². The lowest BCUT2D eigenvalue weighted by molar-refractivity contribution is -0.154.